The molecule has 1 N–H and O–H groups in total. The predicted molar refractivity (Wildman–Crippen MR) is 94.9 cm³/mol. The SMILES string of the molecule is CCn1c(C(=O)NCC2CCN(C(C)=O)CC2)cc2ccccc21. The lowest BCUT2D eigenvalue weighted by Crippen LogP contribution is -2.40. The van der Waals surface area contributed by atoms with Gasteiger partial charge in [-0.15, -0.1) is 0 Å². The van der Waals surface area contributed by atoms with Crippen LogP contribution in [0, 0.1) is 5.92 Å². The van der Waals surface area contributed by atoms with E-state index in [-0.39, 0.29) is 11.8 Å². The molecule has 2 aromatic rings. The molecule has 1 saturated heterocycles. The van der Waals surface area contributed by atoms with Gasteiger partial charge in [0.05, 0.1) is 0 Å². The quantitative estimate of drug-likeness (QED) is 0.938. The Bertz CT molecular complexity index is 742. The number of nitrogens with one attached hydrogen (secondary N) is 1. The average molecular weight is 327 g/mol. The Balaban J connectivity index is 1.63. The van der Waals surface area contributed by atoms with E-state index >= 15 is 0 Å². The van der Waals surface area contributed by atoms with E-state index in [2.05, 4.69) is 16.8 Å². The van der Waals surface area contributed by atoms with Crippen LogP contribution in [-0.4, -0.2) is 40.9 Å². The van der Waals surface area contributed by atoms with Gasteiger partial charge in [-0.25, -0.2) is 0 Å². The van der Waals surface area contributed by atoms with E-state index < -0.39 is 0 Å². The van der Waals surface area contributed by atoms with Crippen LogP contribution in [-0.2, 0) is 11.3 Å². The zero-order chi connectivity index (χ0) is 17.1. The summed E-state index contributed by atoms with van der Waals surface area (Å²) in [6, 6.07) is 10.0. The van der Waals surface area contributed by atoms with Gasteiger partial charge in [-0.1, -0.05) is 18.2 Å². The lowest BCUT2D eigenvalue weighted by molar-refractivity contribution is -0.130. The van der Waals surface area contributed by atoms with Crippen molar-refractivity contribution >= 4 is 22.7 Å². The van der Waals surface area contributed by atoms with Crippen LogP contribution in [0.25, 0.3) is 10.9 Å². The van der Waals surface area contributed by atoms with Gasteiger partial charge in [0.15, 0.2) is 0 Å². The Labute approximate surface area is 142 Å². The summed E-state index contributed by atoms with van der Waals surface area (Å²) in [4.78, 5) is 25.9. The van der Waals surface area contributed by atoms with E-state index in [9.17, 15) is 9.59 Å². The fourth-order valence-corrected chi connectivity index (χ4v) is 3.52. The molecule has 24 heavy (non-hydrogen) atoms. The molecule has 0 radical (unpaired) electrons. The third-order valence-electron chi connectivity index (χ3n) is 4.97. The van der Waals surface area contributed by atoms with E-state index in [1.54, 1.807) is 6.92 Å². The standard InChI is InChI=1S/C19H25N3O2/c1-3-22-17-7-5-4-6-16(17)12-18(22)19(24)20-13-15-8-10-21(11-9-15)14(2)23/h4-7,12,15H,3,8-11,13H2,1-2H3,(H,20,24). The molecule has 0 unspecified atom stereocenters. The van der Waals surface area contributed by atoms with Crippen LogP contribution in [0.1, 0.15) is 37.2 Å². The zero-order valence-electron chi connectivity index (χ0n) is 14.4. The number of hydrogen-bond donors (Lipinski definition) is 1. The van der Waals surface area contributed by atoms with Crippen LogP contribution < -0.4 is 5.32 Å². The maximum absolute atomic E-state index is 12.6. The number of hydrogen-bond acceptors (Lipinski definition) is 2. The lowest BCUT2D eigenvalue weighted by Gasteiger charge is -2.31. The second kappa shape index (κ2) is 7.07. The highest BCUT2D eigenvalue weighted by Crippen LogP contribution is 2.20. The Morgan fingerprint density at radius 3 is 2.58 bits per heavy atom. The van der Waals surface area contributed by atoms with E-state index in [4.69, 9.17) is 0 Å². The van der Waals surface area contributed by atoms with E-state index in [0.717, 1.165) is 49.1 Å². The van der Waals surface area contributed by atoms with Crippen molar-refractivity contribution in [3.63, 3.8) is 0 Å². The molecule has 1 fully saturated rings. The molecule has 0 atom stereocenters. The second-order valence-electron chi connectivity index (χ2n) is 6.49. The first-order valence-corrected chi connectivity index (χ1v) is 8.72. The van der Waals surface area contributed by atoms with Crippen LogP contribution in [0.15, 0.2) is 30.3 Å². The van der Waals surface area contributed by atoms with Gasteiger partial charge in [-0.2, -0.15) is 0 Å². The van der Waals surface area contributed by atoms with Crippen LogP contribution in [0.4, 0.5) is 0 Å². The van der Waals surface area contributed by atoms with Crippen LogP contribution in [0.5, 0.6) is 0 Å². The first kappa shape index (κ1) is 16.6. The van der Waals surface area contributed by atoms with Gasteiger partial charge in [0.2, 0.25) is 5.91 Å². The van der Waals surface area contributed by atoms with Gasteiger partial charge >= 0.3 is 0 Å². The predicted octanol–water partition coefficient (Wildman–Crippen LogP) is 2.65. The van der Waals surface area contributed by atoms with Crippen molar-refractivity contribution < 1.29 is 9.59 Å². The Morgan fingerprint density at radius 2 is 1.92 bits per heavy atom. The van der Waals surface area contributed by atoms with Gasteiger partial charge in [-0.3, -0.25) is 9.59 Å². The highest BCUT2D eigenvalue weighted by atomic mass is 16.2. The number of carbonyl (C=O) groups excluding carboxylic acids is 2. The maximum atomic E-state index is 12.6. The monoisotopic (exact) mass is 327 g/mol. The Hall–Kier alpha value is -2.30. The zero-order valence-corrected chi connectivity index (χ0v) is 14.4. The van der Waals surface area contributed by atoms with E-state index in [1.807, 2.05) is 35.2 Å². The molecule has 0 bridgehead atoms. The minimum absolute atomic E-state index is 0.0120. The average Bonchev–Trinajstić information content (AvgIpc) is 2.98. The number of benzene rings is 1. The number of amides is 2. The van der Waals surface area contributed by atoms with E-state index in [0.29, 0.717) is 12.5 Å². The fraction of sp³-hybridized carbons (Fsp3) is 0.474. The van der Waals surface area contributed by atoms with E-state index in [1.165, 1.54) is 0 Å². The molecule has 128 valence electrons. The number of para-hydroxylation sites is 1. The first-order valence-electron chi connectivity index (χ1n) is 8.72. The molecule has 1 aromatic carbocycles. The van der Waals surface area contributed by atoms with Gasteiger partial charge in [-0.05, 0) is 37.8 Å². The molecule has 2 heterocycles. The summed E-state index contributed by atoms with van der Waals surface area (Å²) >= 11 is 0. The lowest BCUT2D eigenvalue weighted by atomic mass is 9.97. The van der Waals surface area contributed by atoms with Crippen LogP contribution in [0.2, 0.25) is 0 Å². The molecular weight excluding hydrogens is 302 g/mol. The fourth-order valence-electron chi connectivity index (χ4n) is 3.52. The molecule has 2 amide bonds. The van der Waals surface area contributed by atoms with Gasteiger partial charge in [0, 0.05) is 44.0 Å². The topological polar surface area (TPSA) is 54.3 Å². The molecule has 0 aliphatic carbocycles. The molecule has 1 aliphatic rings. The molecule has 0 saturated carbocycles. The second-order valence-corrected chi connectivity index (χ2v) is 6.49. The molecule has 0 spiro atoms. The minimum Gasteiger partial charge on any atom is -0.350 e. The molecule has 5 heteroatoms. The Morgan fingerprint density at radius 1 is 1.21 bits per heavy atom. The number of aryl methyl sites for hydroxylation is 1. The van der Waals surface area contributed by atoms with Gasteiger partial charge < -0.3 is 14.8 Å². The normalized spacial score (nSPS) is 15.7. The van der Waals surface area contributed by atoms with Crippen molar-refractivity contribution in [2.45, 2.75) is 33.2 Å². The van der Waals surface area contributed by atoms with Gasteiger partial charge in [0.25, 0.3) is 5.91 Å². The number of rotatable bonds is 4. The summed E-state index contributed by atoms with van der Waals surface area (Å²) in [6.45, 7) is 6.71. The molecule has 1 aromatic heterocycles. The van der Waals surface area contributed by atoms with Crippen molar-refractivity contribution in [1.29, 1.82) is 0 Å². The summed E-state index contributed by atoms with van der Waals surface area (Å²) in [7, 11) is 0. The number of likely N-dealkylation sites (tertiary alicyclic amines) is 1. The number of fused-ring (bicyclic) bond motifs is 1. The number of carbonyl (C=O) groups is 2. The highest BCUT2D eigenvalue weighted by molar-refractivity contribution is 5.98. The third kappa shape index (κ3) is 3.30. The maximum Gasteiger partial charge on any atom is 0.267 e. The van der Waals surface area contributed by atoms with Gasteiger partial charge in [0.1, 0.15) is 5.69 Å². The number of piperidine rings is 1. The number of nitrogens with zero attached hydrogens (tertiary/aromatic N) is 2. The first-order chi connectivity index (χ1) is 11.6. The van der Waals surface area contributed by atoms with Crippen molar-refractivity contribution in [2.75, 3.05) is 19.6 Å². The van der Waals surface area contributed by atoms with Crippen LogP contribution in [0.3, 0.4) is 0 Å². The molecule has 3 rings (SSSR count). The molecular formula is C19H25N3O2. The smallest absolute Gasteiger partial charge is 0.267 e. The number of aromatic nitrogens is 1. The summed E-state index contributed by atoms with van der Waals surface area (Å²) in [6.07, 6.45) is 1.91. The van der Waals surface area contributed by atoms with Crippen molar-refractivity contribution in [3.05, 3.63) is 36.0 Å². The third-order valence-corrected chi connectivity index (χ3v) is 4.97. The molecule has 1 aliphatic heterocycles. The van der Waals surface area contributed by atoms with Crippen molar-refractivity contribution in [2.24, 2.45) is 5.92 Å². The largest absolute Gasteiger partial charge is 0.350 e. The van der Waals surface area contributed by atoms with Crippen molar-refractivity contribution in [3.8, 4) is 0 Å². The summed E-state index contributed by atoms with van der Waals surface area (Å²) in [5, 5.41) is 4.18. The summed E-state index contributed by atoms with van der Waals surface area (Å²) < 4.78 is 2.06. The summed E-state index contributed by atoms with van der Waals surface area (Å²) in [5.41, 5.74) is 1.82. The summed E-state index contributed by atoms with van der Waals surface area (Å²) in [5.74, 6) is 0.580. The Kier molecular flexibility index (Phi) is 4.88. The highest BCUT2D eigenvalue weighted by Gasteiger charge is 2.22. The minimum atomic E-state index is -0.0120. The van der Waals surface area contributed by atoms with Crippen LogP contribution >= 0.6 is 0 Å². The van der Waals surface area contributed by atoms with Crippen molar-refractivity contribution in [1.82, 2.24) is 14.8 Å². The molecule has 5 nitrogen and oxygen atoms in total.